The Morgan fingerprint density at radius 3 is 1.95 bits per heavy atom. The van der Waals surface area contributed by atoms with Gasteiger partial charge in [0.15, 0.2) is 24.6 Å². The van der Waals surface area contributed by atoms with Gasteiger partial charge in [0.05, 0.1) is 26.4 Å². The van der Waals surface area contributed by atoms with E-state index in [0.717, 1.165) is 47.1 Å². The number of carbonyl (C=O) groups excluding carboxylic acids is 6. The van der Waals surface area contributed by atoms with Crippen LogP contribution < -0.4 is 4.74 Å². The lowest BCUT2D eigenvalue weighted by molar-refractivity contribution is -0.465. The van der Waals surface area contributed by atoms with Crippen molar-refractivity contribution >= 4 is 41.9 Å². The molecule has 22 nitrogen and oxygen atoms in total. The van der Waals surface area contributed by atoms with Gasteiger partial charge in [0.25, 0.3) is 0 Å². The largest absolute Gasteiger partial charge is 0.497 e. The summed E-state index contributed by atoms with van der Waals surface area (Å²) in [7, 11) is 2.52. The number of rotatable bonds is 16. The maximum absolute atomic E-state index is 13.1. The molecule has 1 aromatic carbocycles. The predicted octanol–water partition coefficient (Wildman–Crippen LogP) is 0.362. The highest BCUT2D eigenvalue weighted by Gasteiger charge is 2.69. The van der Waals surface area contributed by atoms with Crippen molar-refractivity contribution in [3.05, 3.63) is 47.7 Å². The summed E-state index contributed by atoms with van der Waals surface area (Å²) in [6.07, 6.45) is -9.61. The van der Waals surface area contributed by atoms with Crippen LogP contribution in [0, 0.1) is 5.92 Å². The summed E-state index contributed by atoms with van der Waals surface area (Å²) in [5, 5.41) is 24.2. The topological polar surface area (TPSA) is 272 Å². The smallest absolute Gasteiger partial charge is 0.339 e. The molecule has 1 aromatic rings. The molecule has 0 amide bonds. The number of esters is 2. The van der Waals surface area contributed by atoms with Gasteiger partial charge in [-0.15, -0.1) is 0 Å². The van der Waals surface area contributed by atoms with E-state index in [1.807, 2.05) is 0 Å². The minimum Gasteiger partial charge on any atom is -0.497 e. The second-order valence-electron chi connectivity index (χ2n) is 12.8. The summed E-state index contributed by atoms with van der Waals surface area (Å²) in [4.78, 5) is 112. The van der Waals surface area contributed by atoms with Crippen LogP contribution in [-0.4, -0.2) is 121 Å². The molecule has 10 atom stereocenters. The van der Waals surface area contributed by atoms with Gasteiger partial charge in [-0.2, -0.15) is 19.6 Å². The van der Waals surface area contributed by atoms with Crippen LogP contribution >= 0.6 is 0 Å². The molecule has 0 spiro atoms. The molecule has 2 fully saturated rings. The van der Waals surface area contributed by atoms with Crippen molar-refractivity contribution in [3.63, 3.8) is 0 Å². The summed E-state index contributed by atoms with van der Waals surface area (Å²) in [6, 6.07) is 6.67. The van der Waals surface area contributed by atoms with Gasteiger partial charge < -0.3 is 38.6 Å². The Kier molecular flexibility index (Phi) is 15.1. The first-order chi connectivity index (χ1) is 26.9. The second kappa shape index (κ2) is 19.3. The van der Waals surface area contributed by atoms with E-state index in [4.69, 9.17) is 57.7 Å². The molecule has 57 heavy (non-hydrogen) atoms. The molecule has 0 aromatic heterocycles. The number of benzene rings is 1. The third-order valence-electron chi connectivity index (χ3n) is 8.64. The Morgan fingerprint density at radius 1 is 0.807 bits per heavy atom. The monoisotopic (exact) mass is 814 g/mol. The normalized spacial score (nSPS) is 30.5. The van der Waals surface area contributed by atoms with E-state index in [9.17, 15) is 39.0 Å². The molecule has 1 saturated heterocycles. The molecule has 314 valence electrons. The van der Waals surface area contributed by atoms with Gasteiger partial charge in [-0.05, 0) is 30.7 Å². The van der Waals surface area contributed by atoms with Crippen molar-refractivity contribution in [3.8, 4) is 5.75 Å². The fraction of sp³-hybridized carbons (Fsp3) is 0.543. The Hall–Kier alpha value is -5.20. The highest BCUT2D eigenvalue weighted by Crippen LogP contribution is 2.53. The van der Waals surface area contributed by atoms with Crippen LogP contribution in [0.2, 0.25) is 0 Å². The van der Waals surface area contributed by atoms with Gasteiger partial charge in [-0.3, -0.25) is 19.6 Å². The van der Waals surface area contributed by atoms with Crippen molar-refractivity contribution in [2.45, 2.75) is 95.3 Å². The molecule has 4 rings (SSSR count). The van der Waals surface area contributed by atoms with Gasteiger partial charge in [0.1, 0.15) is 41.3 Å². The van der Waals surface area contributed by atoms with E-state index >= 15 is 0 Å². The van der Waals surface area contributed by atoms with Crippen LogP contribution in [0.4, 0.5) is 0 Å². The van der Waals surface area contributed by atoms with Crippen molar-refractivity contribution < 1.29 is 107 Å². The molecule has 5 unspecified atom stereocenters. The van der Waals surface area contributed by atoms with Crippen LogP contribution in [0.3, 0.4) is 0 Å². The highest BCUT2D eigenvalue weighted by molar-refractivity contribution is 5.91. The lowest BCUT2D eigenvalue weighted by atomic mass is 9.77. The van der Waals surface area contributed by atoms with Crippen LogP contribution in [0.15, 0.2) is 42.2 Å². The number of hydrogen-bond acceptors (Lipinski definition) is 22. The molecule has 2 N–H and O–H groups in total. The molecular weight excluding hydrogens is 772 g/mol. The average Bonchev–Trinajstić information content (AvgIpc) is 3.35. The van der Waals surface area contributed by atoms with Crippen LogP contribution in [0.5, 0.6) is 5.75 Å². The molecular formula is C35H42O22. The zero-order chi connectivity index (χ0) is 42.1. The second-order valence-corrected chi connectivity index (χ2v) is 12.8. The molecule has 2 aliphatic heterocycles. The average molecular weight is 815 g/mol. The van der Waals surface area contributed by atoms with Crippen LogP contribution in [0.1, 0.15) is 46.6 Å². The zero-order valence-electron chi connectivity index (χ0n) is 31.6. The summed E-state index contributed by atoms with van der Waals surface area (Å²) in [6.45, 7) is 4.36. The lowest BCUT2D eigenvalue weighted by Crippen LogP contribution is -2.64. The van der Waals surface area contributed by atoms with Gasteiger partial charge in [-0.1, -0.05) is 12.1 Å². The van der Waals surface area contributed by atoms with Gasteiger partial charge >= 0.3 is 35.8 Å². The van der Waals surface area contributed by atoms with Crippen molar-refractivity contribution in [2.24, 2.45) is 5.92 Å². The summed E-state index contributed by atoms with van der Waals surface area (Å²) in [5.41, 5.74) is -4.55. The van der Waals surface area contributed by atoms with Crippen molar-refractivity contribution in [2.75, 3.05) is 20.8 Å². The number of methoxy groups -OCH3 is 2. The van der Waals surface area contributed by atoms with E-state index < -0.39 is 115 Å². The van der Waals surface area contributed by atoms with Crippen molar-refractivity contribution in [1.82, 2.24) is 0 Å². The first-order valence-electron chi connectivity index (χ1n) is 17.0. The van der Waals surface area contributed by atoms with Crippen LogP contribution in [-0.2, 0) is 91.6 Å². The Labute approximate surface area is 323 Å². The Balaban J connectivity index is 1.72. The molecule has 0 radical (unpaired) electrons. The number of ether oxygens (including phenoxy) is 6. The van der Waals surface area contributed by atoms with E-state index in [1.165, 1.54) is 20.1 Å². The summed E-state index contributed by atoms with van der Waals surface area (Å²) in [5.74, 6) is -7.04. The molecule has 2 heterocycles. The van der Waals surface area contributed by atoms with Crippen LogP contribution in [0.25, 0.3) is 6.08 Å². The lowest BCUT2D eigenvalue weighted by Gasteiger charge is -2.46. The fourth-order valence-electron chi connectivity index (χ4n) is 6.20. The Bertz CT molecular complexity index is 1690. The fourth-order valence-corrected chi connectivity index (χ4v) is 6.20. The van der Waals surface area contributed by atoms with Gasteiger partial charge in [0, 0.05) is 40.2 Å². The highest BCUT2D eigenvalue weighted by atomic mass is 17.3. The third-order valence-corrected chi connectivity index (χ3v) is 8.64. The Morgan fingerprint density at radius 2 is 1.39 bits per heavy atom. The maximum Gasteiger partial charge on any atom is 0.339 e. The van der Waals surface area contributed by atoms with E-state index in [2.05, 4.69) is 9.78 Å². The third kappa shape index (κ3) is 11.0. The predicted molar refractivity (Wildman–Crippen MR) is 178 cm³/mol. The van der Waals surface area contributed by atoms with E-state index in [-0.39, 0.29) is 0 Å². The van der Waals surface area contributed by atoms with E-state index in [0.29, 0.717) is 11.3 Å². The van der Waals surface area contributed by atoms with Crippen molar-refractivity contribution in [1.29, 1.82) is 0 Å². The number of carbonyl (C=O) groups is 6. The van der Waals surface area contributed by atoms with Gasteiger partial charge in [-0.25, -0.2) is 28.8 Å². The first kappa shape index (κ1) is 44.5. The SMILES string of the molecule is COC(=O)C1=COC(O[C@@H]2O[C@H](COOC(C)=O)[C@@H](OOC(C)=O)[C@H](OOC(C)=O)[C@H]2OOC(C)=O)C2C1(O)CC(OC(=O)/C=C/c1ccc(OC)cc1)C2(C)O. The standard InChI is InChI=1S/C35H42O22/c1-17(36)51-47-16-24-27(55-52-18(2)37)28(56-53-19(3)38)29(57-54-20(4)39)32(48-24)50-33-30-34(5,42)25(14-35(30,43)23(15-46-33)31(41)45-7)49-26(40)13-10-21-8-11-22(44-6)12-9-21/h8-13,15,24-25,27-30,32-33,42-43H,14,16H2,1-7H3/b13-10+/t24-,25?,27-,28+,29-,30?,32+,33?,34?,35?/m1/s1. The summed E-state index contributed by atoms with van der Waals surface area (Å²) >= 11 is 0. The summed E-state index contributed by atoms with van der Waals surface area (Å²) < 4.78 is 33.4. The first-order valence-corrected chi connectivity index (χ1v) is 17.0. The minimum atomic E-state index is -2.39. The number of hydrogen-bond donors (Lipinski definition) is 2. The van der Waals surface area contributed by atoms with Gasteiger partial charge in [0.2, 0.25) is 6.29 Å². The maximum atomic E-state index is 13.1. The molecule has 0 bridgehead atoms. The quantitative estimate of drug-likeness (QED) is 0.0987. The minimum absolute atomic E-state index is 0.488. The molecule has 3 aliphatic rings. The molecule has 22 heteroatoms. The number of aliphatic hydroxyl groups is 2. The van der Waals surface area contributed by atoms with E-state index in [1.54, 1.807) is 24.3 Å². The zero-order valence-corrected chi connectivity index (χ0v) is 31.6. The molecule has 1 saturated carbocycles. The molecule has 1 aliphatic carbocycles. The number of fused-ring (bicyclic) bond motifs is 1.